The molecular weight excluding hydrogens is 196 g/mol. The Balaban J connectivity index is 2.18. The van der Waals surface area contributed by atoms with E-state index in [-0.39, 0.29) is 6.10 Å². The Morgan fingerprint density at radius 2 is 1.81 bits per heavy atom. The summed E-state index contributed by atoms with van der Waals surface area (Å²) in [4.78, 5) is 0. The van der Waals surface area contributed by atoms with E-state index in [9.17, 15) is 5.11 Å². The van der Waals surface area contributed by atoms with E-state index in [4.69, 9.17) is 0 Å². The summed E-state index contributed by atoms with van der Waals surface area (Å²) >= 11 is 0. The van der Waals surface area contributed by atoms with Crippen LogP contribution in [0.15, 0.2) is 0 Å². The van der Waals surface area contributed by atoms with Gasteiger partial charge in [-0.05, 0) is 37.0 Å². The summed E-state index contributed by atoms with van der Waals surface area (Å²) in [5, 5.41) is 10.2. The molecule has 0 amide bonds. The standard InChI is InChI=1S/C15H30O/c1-4-5-6-7-8-15(16)14-10-9-12(2)13(3)11-14/h12-16H,4-11H2,1-3H3. The molecule has 1 saturated carbocycles. The molecule has 0 aromatic carbocycles. The molecule has 0 saturated heterocycles. The zero-order chi connectivity index (χ0) is 12.0. The van der Waals surface area contributed by atoms with Crippen LogP contribution in [0.25, 0.3) is 0 Å². The first-order valence-corrected chi connectivity index (χ1v) is 7.33. The Hall–Kier alpha value is -0.0400. The minimum atomic E-state index is -0.0215. The Morgan fingerprint density at radius 3 is 2.44 bits per heavy atom. The van der Waals surface area contributed by atoms with Crippen LogP contribution in [0.3, 0.4) is 0 Å². The van der Waals surface area contributed by atoms with E-state index in [2.05, 4.69) is 20.8 Å². The van der Waals surface area contributed by atoms with Gasteiger partial charge in [-0.15, -0.1) is 0 Å². The third-order valence-corrected chi connectivity index (χ3v) is 4.54. The van der Waals surface area contributed by atoms with Crippen LogP contribution in [0, 0.1) is 17.8 Å². The summed E-state index contributed by atoms with van der Waals surface area (Å²) in [5.41, 5.74) is 0. The highest BCUT2D eigenvalue weighted by Crippen LogP contribution is 2.36. The lowest BCUT2D eigenvalue weighted by atomic mass is 9.73. The summed E-state index contributed by atoms with van der Waals surface area (Å²) < 4.78 is 0. The highest BCUT2D eigenvalue weighted by Gasteiger charge is 2.28. The molecule has 1 aliphatic carbocycles. The van der Waals surface area contributed by atoms with Crippen molar-refractivity contribution in [2.24, 2.45) is 17.8 Å². The molecule has 1 aliphatic rings. The van der Waals surface area contributed by atoms with Crippen molar-refractivity contribution in [1.82, 2.24) is 0 Å². The quantitative estimate of drug-likeness (QED) is 0.666. The average molecular weight is 226 g/mol. The molecule has 0 aromatic rings. The summed E-state index contributed by atoms with van der Waals surface area (Å²) in [6, 6.07) is 0. The van der Waals surface area contributed by atoms with E-state index in [0.29, 0.717) is 5.92 Å². The fourth-order valence-electron chi connectivity index (χ4n) is 2.95. The molecule has 16 heavy (non-hydrogen) atoms. The molecule has 0 aromatic heterocycles. The van der Waals surface area contributed by atoms with Gasteiger partial charge in [-0.3, -0.25) is 0 Å². The van der Waals surface area contributed by atoms with Crippen LogP contribution in [0.1, 0.15) is 72.1 Å². The van der Waals surface area contributed by atoms with Crippen molar-refractivity contribution >= 4 is 0 Å². The highest BCUT2D eigenvalue weighted by atomic mass is 16.3. The monoisotopic (exact) mass is 226 g/mol. The van der Waals surface area contributed by atoms with Crippen LogP contribution in [0.5, 0.6) is 0 Å². The molecule has 0 aliphatic heterocycles. The lowest BCUT2D eigenvalue weighted by Crippen LogP contribution is -2.29. The molecule has 0 spiro atoms. The van der Waals surface area contributed by atoms with Gasteiger partial charge >= 0.3 is 0 Å². The Morgan fingerprint density at radius 1 is 1.06 bits per heavy atom. The van der Waals surface area contributed by atoms with Crippen molar-refractivity contribution in [2.45, 2.75) is 78.2 Å². The minimum Gasteiger partial charge on any atom is -0.393 e. The van der Waals surface area contributed by atoms with Crippen molar-refractivity contribution < 1.29 is 5.11 Å². The summed E-state index contributed by atoms with van der Waals surface area (Å²) in [7, 11) is 0. The van der Waals surface area contributed by atoms with Gasteiger partial charge in [-0.1, -0.05) is 52.9 Å². The maximum Gasteiger partial charge on any atom is 0.0568 e. The first kappa shape index (κ1) is 14.0. The van der Waals surface area contributed by atoms with E-state index >= 15 is 0 Å². The van der Waals surface area contributed by atoms with Crippen LogP contribution in [0.4, 0.5) is 0 Å². The number of rotatable bonds is 6. The number of unbranched alkanes of at least 4 members (excludes halogenated alkanes) is 3. The van der Waals surface area contributed by atoms with Crippen LogP contribution < -0.4 is 0 Å². The van der Waals surface area contributed by atoms with E-state index in [0.717, 1.165) is 18.3 Å². The van der Waals surface area contributed by atoms with E-state index in [1.165, 1.54) is 44.9 Å². The number of hydrogen-bond donors (Lipinski definition) is 1. The van der Waals surface area contributed by atoms with Crippen molar-refractivity contribution in [2.75, 3.05) is 0 Å². The Bertz CT molecular complexity index is 178. The van der Waals surface area contributed by atoms with Crippen LogP contribution in [-0.2, 0) is 0 Å². The van der Waals surface area contributed by atoms with Crippen molar-refractivity contribution in [3.8, 4) is 0 Å². The van der Waals surface area contributed by atoms with Gasteiger partial charge in [0.05, 0.1) is 6.10 Å². The molecule has 1 nitrogen and oxygen atoms in total. The molecule has 1 heteroatoms. The van der Waals surface area contributed by atoms with Crippen LogP contribution in [-0.4, -0.2) is 11.2 Å². The lowest BCUT2D eigenvalue weighted by Gasteiger charge is -2.34. The molecule has 1 rings (SSSR count). The molecular formula is C15H30O. The fraction of sp³-hybridized carbons (Fsp3) is 1.00. The van der Waals surface area contributed by atoms with Crippen LogP contribution in [0.2, 0.25) is 0 Å². The normalized spacial score (nSPS) is 32.6. The maximum atomic E-state index is 10.2. The predicted molar refractivity (Wildman–Crippen MR) is 70.4 cm³/mol. The zero-order valence-corrected chi connectivity index (χ0v) is 11.4. The van der Waals surface area contributed by atoms with Crippen molar-refractivity contribution in [3.63, 3.8) is 0 Å². The Kier molecular flexibility index (Phi) is 6.41. The van der Waals surface area contributed by atoms with Crippen molar-refractivity contribution in [1.29, 1.82) is 0 Å². The van der Waals surface area contributed by atoms with Gasteiger partial charge in [0.2, 0.25) is 0 Å². The maximum absolute atomic E-state index is 10.2. The van der Waals surface area contributed by atoms with Gasteiger partial charge in [0.25, 0.3) is 0 Å². The molecule has 0 heterocycles. The first-order chi connectivity index (χ1) is 7.65. The van der Waals surface area contributed by atoms with E-state index in [1.807, 2.05) is 0 Å². The number of aliphatic hydroxyl groups is 1. The zero-order valence-electron chi connectivity index (χ0n) is 11.4. The molecule has 4 atom stereocenters. The van der Waals surface area contributed by atoms with Gasteiger partial charge in [0, 0.05) is 0 Å². The SMILES string of the molecule is CCCCCCC(O)C1CCC(C)C(C)C1. The number of aliphatic hydroxyl groups excluding tert-OH is 1. The molecule has 0 radical (unpaired) electrons. The van der Waals surface area contributed by atoms with Gasteiger partial charge in [0.1, 0.15) is 0 Å². The van der Waals surface area contributed by atoms with Gasteiger partial charge in [0.15, 0.2) is 0 Å². The minimum absolute atomic E-state index is 0.0215. The van der Waals surface area contributed by atoms with Gasteiger partial charge in [-0.2, -0.15) is 0 Å². The first-order valence-electron chi connectivity index (χ1n) is 7.33. The highest BCUT2D eigenvalue weighted by molar-refractivity contribution is 4.79. The summed E-state index contributed by atoms with van der Waals surface area (Å²) in [5.74, 6) is 2.26. The molecule has 96 valence electrons. The lowest BCUT2D eigenvalue weighted by molar-refractivity contribution is 0.0489. The van der Waals surface area contributed by atoms with Gasteiger partial charge in [-0.25, -0.2) is 0 Å². The fourth-order valence-corrected chi connectivity index (χ4v) is 2.95. The molecule has 1 fully saturated rings. The average Bonchev–Trinajstić information content (AvgIpc) is 2.28. The van der Waals surface area contributed by atoms with Crippen molar-refractivity contribution in [3.05, 3.63) is 0 Å². The van der Waals surface area contributed by atoms with E-state index in [1.54, 1.807) is 0 Å². The third-order valence-electron chi connectivity index (χ3n) is 4.54. The summed E-state index contributed by atoms with van der Waals surface area (Å²) in [6.07, 6.45) is 9.95. The molecule has 1 N–H and O–H groups in total. The molecule has 4 unspecified atom stereocenters. The number of hydrogen-bond acceptors (Lipinski definition) is 1. The second kappa shape index (κ2) is 7.32. The smallest absolute Gasteiger partial charge is 0.0568 e. The Labute approximate surface area is 102 Å². The summed E-state index contributed by atoms with van der Waals surface area (Å²) in [6.45, 7) is 6.94. The van der Waals surface area contributed by atoms with Crippen LogP contribution >= 0.6 is 0 Å². The second-order valence-electron chi connectivity index (χ2n) is 5.94. The second-order valence-corrected chi connectivity index (χ2v) is 5.94. The third kappa shape index (κ3) is 4.45. The largest absolute Gasteiger partial charge is 0.393 e. The predicted octanol–water partition coefficient (Wildman–Crippen LogP) is 4.39. The molecule has 0 bridgehead atoms. The van der Waals surface area contributed by atoms with E-state index < -0.39 is 0 Å². The van der Waals surface area contributed by atoms with Gasteiger partial charge < -0.3 is 5.11 Å². The topological polar surface area (TPSA) is 20.2 Å².